The van der Waals surface area contributed by atoms with E-state index in [0.717, 1.165) is 24.6 Å². The lowest BCUT2D eigenvalue weighted by molar-refractivity contribution is 0.427. The van der Waals surface area contributed by atoms with Gasteiger partial charge in [0.15, 0.2) is 5.06 Å². The van der Waals surface area contributed by atoms with Crippen molar-refractivity contribution >= 4 is 22.7 Å². The van der Waals surface area contributed by atoms with E-state index in [1.54, 1.807) is 29.8 Å². The SMILES string of the molecule is COc1ccc(CNCCc2nccs2)s1. The zero-order chi connectivity index (χ0) is 11.2. The molecule has 2 rings (SSSR count). The molecule has 0 amide bonds. The lowest BCUT2D eigenvalue weighted by Gasteiger charge is -2.00. The number of nitrogens with zero attached hydrogens (tertiary/aromatic N) is 1. The minimum absolute atomic E-state index is 0.902. The van der Waals surface area contributed by atoms with Gasteiger partial charge in [-0.15, -0.1) is 22.7 Å². The lowest BCUT2D eigenvalue weighted by atomic mass is 10.4. The van der Waals surface area contributed by atoms with Gasteiger partial charge in [-0.2, -0.15) is 0 Å². The molecule has 0 saturated heterocycles. The van der Waals surface area contributed by atoms with Crippen LogP contribution >= 0.6 is 22.7 Å². The topological polar surface area (TPSA) is 34.1 Å². The van der Waals surface area contributed by atoms with Gasteiger partial charge in [0.25, 0.3) is 0 Å². The molecule has 0 bridgehead atoms. The molecule has 0 aliphatic rings. The average molecular weight is 254 g/mol. The maximum atomic E-state index is 5.14. The van der Waals surface area contributed by atoms with Crippen molar-refractivity contribution in [3.05, 3.63) is 33.6 Å². The molecule has 1 N–H and O–H groups in total. The van der Waals surface area contributed by atoms with Gasteiger partial charge in [-0.1, -0.05) is 0 Å². The second-order valence-electron chi connectivity index (χ2n) is 3.28. The van der Waals surface area contributed by atoms with Gasteiger partial charge in [-0.3, -0.25) is 0 Å². The number of rotatable bonds is 6. The van der Waals surface area contributed by atoms with Crippen LogP contribution in [0.2, 0.25) is 0 Å². The Balaban J connectivity index is 1.68. The Hall–Kier alpha value is -0.910. The molecule has 0 aliphatic heterocycles. The van der Waals surface area contributed by atoms with E-state index >= 15 is 0 Å². The number of ether oxygens (including phenoxy) is 1. The fraction of sp³-hybridized carbons (Fsp3) is 0.364. The van der Waals surface area contributed by atoms with E-state index in [9.17, 15) is 0 Å². The van der Waals surface area contributed by atoms with Crippen LogP contribution < -0.4 is 10.1 Å². The van der Waals surface area contributed by atoms with E-state index in [1.165, 1.54) is 9.88 Å². The van der Waals surface area contributed by atoms with Crippen molar-refractivity contribution in [2.75, 3.05) is 13.7 Å². The van der Waals surface area contributed by atoms with E-state index in [-0.39, 0.29) is 0 Å². The van der Waals surface area contributed by atoms with Crippen LogP contribution in [0.25, 0.3) is 0 Å². The molecule has 5 heteroatoms. The Morgan fingerprint density at radius 3 is 3.06 bits per heavy atom. The maximum absolute atomic E-state index is 5.14. The van der Waals surface area contributed by atoms with Gasteiger partial charge >= 0.3 is 0 Å². The Morgan fingerprint density at radius 1 is 1.44 bits per heavy atom. The van der Waals surface area contributed by atoms with Gasteiger partial charge in [-0.05, 0) is 12.1 Å². The molecule has 0 fully saturated rings. The highest BCUT2D eigenvalue weighted by molar-refractivity contribution is 7.13. The summed E-state index contributed by atoms with van der Waals surface area (Å²) >= 11 is 3.39. The molecule has 0 aliphatic carbocycles. The normalized spacial score (nSPS) is 10.6. The second-order valence-corrected chi connectivity index (χ2v) is 5.39. The summed E-state index contributed by atoms with van der Waals surface area (Å²) < 4.78 is 5.14. The minimum Gasteiger partial charge on any atom is -0.487 e. The zero-order valence-corrected chi connectivity index (χ0v) is 10.7. The van der Waals surface area contributed by atoms with Crippen molar-refractivity contribution in [3.63, 3.8) is 0 Å². The second kappa shape index (κ2) is 5.98. The number of hydrogen-bond acceptors (Lipinski definition) is 5. The van der Waals surface area contributed by atoms with Gasteiger partial charge in [0.05, 0.1) is 12.1 Å². The van der Waals surface area contributed by atoms with Crippen LogP contribution in [0.3, 0.4) is 0 Å². The predicted molar refractivity (Wildman–Crippen MR) is 68.4 cm³/mol. The molecule has 2 aromatic rings. The van der Waals surface area contributed by atoms with Crippen LogP contribution in [0, 0.1) is 0 Å². The number of hydrogen-bond donors (Lipinski definition) is 1. The molecular weight excluding hydrogens is 240 g/mol. The summed E-state index contributed by atoms with van der Waals surface area (Å²) in [5.74, 6) is 0. The quantitative estimate of drug-likeness (QED) is 0.804. The molecule has 0 unspecified atom stereocenters. The smallest absolute Gasteiger partial charge is 0.173 e. The minimum atomic E-state index is 0.902. The predicted octanol–water partition coefficient (Wildman–Crippen LogP) is 2.55. The van der Waals surface area contributed by atoms with Crippen LogP contribution in [0.1, 0.15) is 9.88 Å². The molecule has 0 spiro atoms. The molecular formula is C11H14N2OS2. The molecule has 2 aromatic heterocycles. The van der Waals surface area contributed by atoms with Crippen molar-refractivity contribution in [3.8, 4) is 5.06 Å². The van der Waals surface area contributed by atoms with Crippen molar-refractivity contribution in [2.24, 2.45) is 0 Å². The summed E-state index contributed by atoms with van der Waals surface area (Å²) in [4.78, 5) is 5.54. The van der Waals surface area contributed by atoms with Gasteiger partial charge in [0.2, 0.25) is 0 Å². The molecule has 86 valence electrons. The first-order valence-electron chi connectivity index (χ1n) is 5.10. The summed E-state index contributed by atoms with van der Waals surface area (Å²) in [6.07, 6.45) is 2.85. The Morgan fingerprint density at radius 2 is 2.38 bits per heavy atom. The average Bonchev–Trinajstić information content (AvgIpc) is 2.95. The van der Waals surface area contributed by atoms with E-state index in [2.05, 4.69) is 16.4 Å². The maximum Gasteiger partial charge on any atom is 0.173 e. The van der Waals surface area contributed by atoms with Crippen molar-refractivity contribution < 1.29 is 4.74 Å². The Labute approximate surface area is 103 Å². The third-order valence-corrected chi connectivity index (χ3v) is 4.02. The Bertz CT molecular complexity index is 411. The standard InChI is InChI=1S/C11H14N2OS2/c1-14-11-3-2-9(16-11)8-12-5-4-10-13-6-7-15-10/h2-3,6-7,12H,4-5,8H2,1H3. The summed E-state index contributed by atoms with van der Waals surface area (Å²) in [6.45, 7) is 1.87. The van der Waals surface area contributed by atoms with Gasteiger partial charge in [0, 0.05) is 36.0 Å². The summed E-state index contributed by atoms with van der Waals surface area (Å²) in [5.41, 5.74) is 0. The molecule has 0 radical (unpaired) electrons. The molecule has 0 saturated carbocycles. The van der Waals surface area contributed by atoms with E-state index in [4.69, 9.17) is 4.74 Å². The number of thiazole rings is 1. The lowest BCUT2D eigenvalue weighted by Crippen LogP contribution is -2.15. The number of nitrogens with one attached hydrogen (secondary N) is 1. The van der Waals surface area contributed by atoms with E-state index in [0.29, 0.717) is 0 Å². The van der Waals surface area contributed by atoms with E-state index in [1.807, 2.05) is 17.6 Å². The highest BCUT2D eigenvalue weighted by Gasteiger charge is 1.99. The first-order chi connectivity index (χ1) is 7.88. The first kappa shape index (κ1) is 11.6. The van der Waals surface area contributed by atoms with Crippen LogP contribution in [0.5, 0.6) is 5.06 Å². The van der Waals surface area contributed by atoms with Crippen molar-refractivity contribution in [1.29, 1.82) is 0 Å². The summed E-state index contributed by atoms with van der Waals surface area (Å²) in [7, 11) is 1.70. The van der Waals surface area contributed by atoms with Gasteiger partial charge in [0.1, 0.15) is 0 Å². The monoisotopic (exact) mass is 254 g/mol. The molecule has 16 heavy (non-hydrogen) atoms. The number of methoxy groups -OCH3 is 1. The van der Waals surface area contributed by atoms with Crippen molar-refractivity contribution in [1.82, 2.24) is 10.3 Å². The third-order valence-electron chi connectivity index (χ3n) is 2.14. The largest absolute Gasteiger partial charge is 0.487 e. The van der Waals surface area contributed by atoms with Gasteiger partial charge in [-0.25, -0.2) is 4.98 Å². The van der Waals surface area contributed by atoms with Crippen molar-refractivity contribution in [2.45, 2.75) is 13.0 Å². The fourth-order valence-corrected chi connectivity index (χ4v) is 2.75. The molecule has 0 aromatic carbocycles. The number of thiophene rings is 1. The highest BCUT2D eigenvalue weighted by atomic mass is 32.1. The summed E-state index contributed by atoms with van der Waals surface area (Å²) in [6, 6.07) is 4.10. The Kier molecular flexibility index (Phi) is 4.33. The number of aromatic nitrogens is 1. The highest BCUT2D eigenvalue weighted by Crippen LogP contribution is 2.23. The molecule has 3 nitrogen and oxygen atoms in total. The summed E-state index contributed by atoms with van der Waals surface area (Å²) in [5, 5.41) is 7.57. The van der Waals surface area contributed by atoms with Crippen LogP contribution in [0.4, 0.5) is 0 Å². The van der Waals surface area contributed by atoms with Crippen LogP contribution in [-0.4, -0.2) is 18.6 Å². The molecule has 0 atom stereocenters. The van der Waals surface area contributed by atoms with Gasteiger partial charge < -0.3 is 10.1 Å². The fourth-order valence-electron chi connectivity index (χ4n) is 1.35. The molecule has 2 heterocycles. The van der Waals surface area contributed by atoms with Crippen LogP contribution in [0.15, 0.2) is 23.7 Å². The third kappa shape index (κ3) is 3.30. The first-order valence-corrected chi connectivity index (χ1v) is 6.80. The van der Waals surface area contributed by atoms with Crippen LogP contribution in [-0.2, 0) is 13.0 Å². The van der Waals surface area contributed by atoms with E-state index < -0.39 is 0 Å². The zero-order valence-electron chi connectivity index (χ0n) is 9.10.